The number of aromatic nitrogens is 1. The van der Waals surface area contributed by atoms with Gasteiger partial charge in [-0.05, 0) is 39.8 Å². The zero-order valence-electron chi connectivity index (χ0n) is 9.72. The minimum Gasteiger partial charge on any atom is -0.489 e. The predicted octanol–water partition coefficient (Wildman–Crippen LogP) is 2.48. The highest BCUT2D eigenvalue weighted by Crippen LogP contribution is 2.29. The molecule has 0 atom stereocenters. The van der Waals surface area contributed by atoms with Crippen molar-refractivity contribution < 1.29 is 4.74 Å². The minimum atomic E-state index is 0.278. The highest BCUT2D eigenvalue weighted by Gasteiger charge is 2.17. The molecule has 16 heavy (non-hydrogen) atoms. The van der Waals surface area contributed by atoms with Crippen LogP contribution in [0.5, 0.6) is 5.75 Å². The molecule has 0 spiro atoms. The smallest absolute Gasteiger partial charge is 0.141 e. The molecule has 0 unspecified atom stereocenters. The number of rotatable bonds is 2. The van der Waals surface area contributed by atoms with Crippen molar-refractivity contribution in [1.82, 2.24) is 10.3 Å². The van der Waals surface area contributed by atoms with Gasteiger partial charge in [-0.15, -0.1) is 0 Å². The molecular weight excluding hydrogens is 224 g/mol. The molecule has 1 aromatic heterocycles. The van der Waals surface area contributed by atoms with Gasteiger partial charge >= 0.3 is 0 Å². The van der Waals surface area contributed by atoms with Crippen molar-refractivity contribution in [2.24, 2.45) is 0 Å². The lowest BCUT2D eigenvalue weighted by Crippen LogP contribution is -2.34. The average Bonchev–Trinajstić information content (AvgIpc) is 2.27. The Morgan fingerprint density at radius 3 is 2.75 bits per heavy atom. The van der Waals surface area contributed by atoms with Gasteiger partial charge in [0.25, 0.3) is 0 Å². The molecule has 0 bridgehead atoms. The van der Waals surface area contributed by atoms with Crippen LogP contribution in [0.25, 0.3) is 0 Å². The van der Waals surface area contributed by atoms with Crippen LogP contribution in [-0.2, 0) is 0 Å². The number of aryl methyl sites for hydroxylation is 2. The van der Waals surface area contributed by atoms with Crippen molar-refractivity contribution in [2.75, 3.05) is 13.1 Å². The number of pyridine rings is 1. The molecule has 3 nitrogen and oxygen atoms in total. The Balaban J connectivity index is 2.13. The Hall–Kier alpha value is -0.800. The van der Waals surface area contributed by atoms with Crippen molar-refractivity contribution in [3.05, 3.63) is 22.5 Å². The van der Waals surface area contributed by atoms with Gasteiger partial charge < -0.3 is 10.1 Å². The maximum absolute atomic E-state index is 6.18. The first kappa shape index (κ1) is 11.7. The molecule has 0 saturated carbocycles. The van der Waals surface area contributed by atoms with E-state index in [4.69, 9.17) is 16.3 Å². The molecule has 0 radical (unpaired) electrons. The van der Waals surface area contributed by atoms with E-state index in [1.165, 1.54) is 0 Å². The third-order valence-corrected chi connectivity index (χ3v) is 3.26. The second kappa shape index (κ2) is 5.02. The maximum Gasteiger partial charge on any atom is 0.141 e. The fourth-order valence-electron chi connectivity index (χ4n) is 1.96. The van der Waals surface area contributed by atoms with Crippen molar-refractivity contribution in [2.45, 2.75) is 32.8 Å². The zero-order valence-corrected chi connectivity index (χ0v) is 10.5. The lowest BCUT2D eigenvalue weighted by Gasteiger charge is -2.24. The number of ether oxygens (including phenoxy) is 1. The molecule has 1 saturated heterocycles. The van der Waals surface area contributed by atoms with E-state index < -0.39 is 0 Å². The van der Waals surface area contributed by atoms with Crippen LogP contribution in [0.4, 0.5) is 0 Å². The molecule has 0 aromatic carbocycles. The van der Waals surface area contributed by atoms with Crippen molar-refractivity contribution in [1.29, 1.82) is 0 Å². The monoisotopic (exact) mass is 240 g/mol. The number of piperidine rings is 1. The van der Waals surface area contributed by atoms with E-state index in [1.807, 2.05) is 19.9 Å². The number of hydrogen-bond acceptors (Lipinski definition) is 3. The zero-order chi connectivity index (χ0) is 11.5. The summed E-state index contributed by atoms with van der Waals surface area (Å²) in [4.78, 5) is 4.30. The quantitative estimate of drug-likeness (QED) is 0.863. The Morgan fingerprint density at radius 2 is 2.06 bits per heavy atom. The summed E-state index contributed by atoms with van der Waals surface area (Å²) >= 11 is 6.18. The molecule has 1 fully saturated rings. The Bertz CT molecular complexity index is 376. The summed E-state index contributed by atoms with van der Waals surface area (Å²) in [5, 5.41) is 3.96. The maximum atomic E-state index is 6.18. The summed E-state index contributed by atoms with van der Waals surface area (Å²) in [6.45, 7) is 5.90. The van der Waals surface area contributed by atoms with Gasteiger partial charge in [0.1, 0.15) is 16.9 Å². The van der Waals surface area contributed by atoms with Crippen LogP contribution < -0.4 is 10.1 Å². The van der Waals surface area contributed by atoms with Crippen molar-refractivity contribution >= 4 is 11.6 Å². The standard InChI is InChI=1S/C12H17ClN2O/c1-8-7-11(12(13)9(2)15-8)16-10-3-5-14-6-4-10/h7,10,14H,3-6H2,1-2H3. The molecule has 1 aliphatic heterocycles. The SMILES string of the molecule is Cc1cc(OC2CCNCC2)c(Cl)c(C)n1. The van der Waals surface area contributed by atoms with Crippen LogP contribution >= 0.6 is 11.6 Å². The van der Waals surface area contributed by atoms with Crippen molar-refractivity contribution in [3.63, 3.8) is 0 Å². The Labute approximate surface area is 101 Å². The van der Waals surface area contributed by atoms with Gasteiger partial charge in [-0.25, -0.2) is 0 Å². The van der Waals surface area contributed by atoms with E-state index in [2.05, 4.69) is 10.3 Å². The summed E-state index contributed by atoms with van der Waals surface area (Å²) in [5.41, 5.74) is 1.79. The molecule has 1 aliphatic rings. The van der Waals surface area contributed by atoms with Crippen LogP contribution in [0, 0.1) is 13.8 Å². The van der Waals surface area contributed by atoms with Crippen LogP contribution in [0.2, 0.25) is 5.02 Å². The van der Waals surface area contributed by atoms with E-state index in [9.17, 15) is 0 Å². The lowest BCUT2D eigenvalue weighted by molar-refractivity contribution is 0.162. The van der Waals surface area contributed by atoms with Gasteiger partial charge in [0.2, 0.25) is 0 Å². The summed E-state index contributed by atoms with van der Waals surface area (Å²) < 4.78 is 5.94. The van der Waals surface area contributed by atoms with E-state index in [1.54, 1.807) is 0 Å². The molecule has 1 N–H and O–H groups in total. The van der Waals surface area contributed by atoms with E-state index >= 15 is 0 Å². The number of hydrogen-bond donors (Lipinski definition) is 1. The molecule has 1 aromatic rings. The van der Waals surface area contributed by atoms with Gasteiger partial charge in [-0.2, -0.15) is 0 Å². The lowest BCUT2D eigenvalue weighted by atomic mass is 10.1. The fourth-order valence-corrected chi connectivity index (χ4v) is 2.10. The van der Waals surface area contributed by atoms with E-state index in [-0.39, 0.29) is 6.10 Å². The van der Waals surface area contributed by atoms with Gasteiger partial charge in [0, 0.05) is 11.8 Å². The third-order valence-electron chi connectivity index (χ3n) is 2.80. The molecule has 2 heterocycles. The summed E-state index contributed by atoms with van der Waals surface area (Å²) in [7, 11) is 0. The largest absolute Gasteiger partial charge is 0.489 e. The van der Waals surface area contributed by atoms with Crippen molar-refractivity contribution in [3.8, 4) is 5.75 Å². The number of halogens is 1. The predicted molar refractivity (Wildman–Crippen MR) is 65.2 cm³/mol. The molecule has 2 rings (SSSR count). The summed E-state index contributed by atoms with van der Waals surface area (Å²) in [6, 6.07) is 1.91. The topological polar surface area (TPSA) is 34.1 Å². The highest BCUT2D eigenvalue weighted by molar-refractivity contribution is 6.32. The van der Waals surface area contributed by atoms with Gasteiger partial charge in [0.05, 0.1) is 5.69 Å². The molecule has 0 amide bonds. The molecule has 88 valence electrons. The average molecular weight is 241 g/mol. The third kappa shape index (κ3) is 2.66. The van der Waals surface area contributed by atoms with E-state index in [0.29, 0.717) is 5.02 Å². The minimum absolute atomic E-state index is 0.278. The first-order valence-corrected chi connectivity index (χ1v) is 6.05. The molecule has 0 aliphatic carbocycles. The Kier molecular flexibility index (Phi) is 3.66. The summed E-state index contributed by atoms with van der Waals surface area (Å²) in [6.07, 6.45) is 2.35. The van der Waals surface area contributed by atoms with E-state index in [0.717, 1.165) is 43.1 Å². The second-order valence-electron chi connectivity index (χ2n) is 4.23. The molecular formula is C12H17ClN2O. The first-order valence-electron chi connectivity index (χ1n) is 5.68. The fraction of sp³-hybridized carbons (Fsp3) is 0.583. The van der Waals surface area contributed by atoms with Crippen LogP contribution in [-0.4, -0.2) is 24.2 Å². The highest BCUT2D eigenvalue weighted by atomic mass is 35.5. The number of nitrogens with one attached hydrogen (secondary N) is 1. The van der Waals surface area contributed by atoms with Crippen LogP contribution in [0.15, 0.2) is 6.07 Å². The first-order chi connectivity index (χ1) is 7.66. The van der Waals surface area contributed by atoms with Gasteiger partial charge in [-0.3, -0.25) is 4.98 Å². The molecule has 4 heteroatoms. The van der Waals surface area contributed by atoms with Gasteiger partial charge in [-0.1, -0.05) is 11.6 Å². The van der Waals surface area contributed by atoms with Crippen LogP contribution in [0.1, 0.15) is 24.2 Å². The summed E-state index contributed by atoms with van der Waals surface area (Å²) in [5.74, 6) is 0.776. The normalized spacial score (nSPS) is 17.4. The Morgan fingerprint density at radius 1 is 1.38 bits per heavy atom. The van der Waals surface area contributed by atoms with Gasteiger partial charge in [0.15, 0.2) is 0 Å². The van der Waals surface area contributed by atoms with Crippen LogP contribution in [0.3, 0.4) is 0 Å². The number of nitrogens with zero attached hydrogens (tertiary/aromatic N) is 1. The second-order valence-corrected chi connectivity index (χ2v) is 4.61.